The molecule has 0 radical (unpaired) electrons. The topological polar surface area (TPSA) is 49.8 Å². The quantitative estimate of drug-likeness (QED) is 0.685. The lowest BCUT2D eigenvalue weighted by atomic mass is 10.1. The number of hydrogen-bond acceptors (Lipinski definition) is 3. The van der Waals surface area contributed by atoms with Crippen LogP contribution in [-0.4, -0.2) is 23.2 Å². The second kappa shape index (κ2) is 5.94. The molecule has 0 atom stereocenters. The zero-order chi connectivity index (χ0) is 19.6. The largest absolute Gasteiger partial charge is 0.505 e. The first kappa shape index (κ1) is 18.3. The lowest BCUT2D eigenvalue weighted by molar-refractivity contribution is -0.137. The minimum atomic E-state index is -4.55. The zero-order valence-electron chi connectivity index (χ0n) is 13.6. The molecule has 1 aliphatic carbocycles. The van der Waals surface area contributed by atoms with Crippen LogP contribution in [-0.2, 0) is 6.18 Å². The van der Waals surface area contributed by atoms with Crippen LogP contribution in [0.4, 0.5) is 18.9 Å². The number of halogens is 5. The summed E-state index contributed by atoms with van der Waals surface area (Å²) in [6.07, 6.45) is -3.15. The molecule has 2 aromatic carbocycles. The van der Waals surface area contributed by atoms with Crippen molar-refractivity contribution < 1.29 is 27.8 Å². The number of nitrogens with zero attached hydrogens (tertiary/aromatic N) is 1. The number of phenols is 1. The SMILES string of the molecule is O=C(c1cc(Cl)c(O)c(Cl)c1)N1CC2(CC2)Oc2ccc(C(F)(F)F)cc21. The third kappa shape index (κ3) is 3.19. The molecule has 1 heterocycles. The zero-order valence-corrected chi connectivity index (χ0v) is 15.1. The van der Waals surface area contributed by atoms with E-state index >= 15 is 0 Å². The lowest BCUT2D eigenvalue weighted by Gasteiger charge is -2.35. The van der Waals surface area contributed by atoms with E-state index in [9.17, 15) is 23.1 Å². The van der Waals surface area contributed by atoms with Crippen molar-refractivity contribution in [3.8, 4) is 11.5 Å². The summed E-state index contributed by atoms with van der Waals surface area (Å²) in [6, 6.07) is 5.51. The molecule has 1 N–H and O–H groups in total. The molecule has 142 valence electrons. The normalized spacial score (nSPS) is 17.4. The Kier molecular flexibility index (Phi) is 4.01. The highest BCUT2D eigenvalue weighted by atomic mass is 35.5. The van der Waals surface area contributed by atoms with E-state index in [0.717, 1.165) is 12.1 Å². The van der Waals surface area contributed by atoms with Gasteiger partial charge in [-0.2, -0.15) is 13.2 Å². The van der Waals surface area contributed by atoms with E-state index in [4.69, 9.17) is 27.9 Å². The van der Waals surface area contributed by atoms with E-state index in [0.29, 0.717) is 12.8 Å². The number of hydrogen-bond donors (Lipinski definition) is 1. The number of anilines is 1. The van der Waals surface area contributed by atoms with Gasteiger partial charge >= 0.3 is 6.18 Å². The lowest BCUT2D eigenvalue weighted by Crippen LogP contribution is -2.45. The third-order valence-corrected chi connectivity index (χ3v) is 5.24. The molecule has 1 fully saturated rings. The maximum Gasteiger partial charge on any atom is 0.416 e. The highest BCUT2D eigenvalue weighted by Crippen LogP contribution is 2.50. The van der Waals surface area contributed by atoms with Crippen molar-refractivity contribution >= 4 is 34.8 Å². The van der Waals surface area contributed by atoms with Gasteiger partial charge in [0.1, 0.15) is 11.4 Å². The smallest absolute Gasteiger partial charge is 0.416 e. The molecular weight excluding hydrogens is 406 g/mol. The van der Waals surface area contributed by atoms with Crippen molar-refractivity contribution in [3.05, 3.63) is 51.5 Å². The Morgan fingerprint density at radius 3 is 2.33 bits per heavy atom. The van der Waals surface area contributed by atoms with Crippen molar-refractivity contribution in [2.75, 3.05) is 11.4 Å². The molecule has 0 aromatic heterocycles. The first-order valence-electron chi connectivity index (χ1n) is 8.00. The number of ether oxygens (including phenoxy) is 1. The molecular formula is C18H12Cl2F3NO3. The number of carbonyl (C=O) groups excluding carboxylic acids is 1. The summed E-state index contributed by atoms with van der Waals surface area (Å²) in [5.74, 6) is -0.722. The molecule has 2 aromatic rings. The Hall–Kier alpha value is -2.12. The van der Waals surface area contributed by atoms with Crippen LogP contribution in [0.2, 0.25) is 10.0 Å². The second-order valence-corrected chi connectivity index (χ2v) is 7.46. The van der Waals surface area contributed by atoms with Crippen molar-refractivity contribution in [3.63, 3.8) is 0 Å². The predicted octanol–water partition coefficient (Wildman–Crippen LogP) is 5.29. The number of amides is 1. The van der Waals surface area contributed by atoms with Crippen LogP contribution < -0.4 is 9.64 Å². The van der Waals surface area contributed by atoms with E-state index < -0.39 is 23.2 Å². The maximum atomic E-state index is 13.1. The number of carbonyl (C=O) groups is 1. The van der Waals surface area contributed by atoms with Gasteiger partial charge in [0.25, 0.3) is 5.91 Å². The molecule has 1 spiro atoms. The van der Waals surface area contributed by atoms with Gasteiger partial charge in [-0.15, -0.1) is 0 Å². The molecule has 0 saturated heterocycles. The maximum absolute atomic E-state index is 13.1. The van der Waals surface area contributed by atoms with Crippen LogP contribution in [0.15, 0.2) is 30.3 Å². The second-order valence-electron chi connectivity index (χ2n) is 6.65. The molecule has 2 aliphatic rings. The van der Waals surface area contributed by atoms with Crippen molar-refractivity contribution in [2.45, 2.75) is 24.6 Å². The number of benzene rings is 2. The molecule has 1 amide bonds. The Morgan fingerprint density at radius 1 is 1.15 bits per heavy atom. The standard InChI is InChI=1S/C18H12Cl2F3NO3/c19-11-5-9(6-12(20)15(11)25)16(26)24-8-17(3-4-17)27-14-2-1-10(7-13(14)24)18(21,22)23/h1-2,5-7,25H,3-4,8H2. The fourth-order valence-electron chi connectivity index (χ4n) is 3.06. The predicted molar refractivity (Wildman–Crippen MR) is 93.8 cm³/mol. The summed E-state index contributed by atoms with van der Waals surface area (Å²) in [4.78, 5) is 14.3. The Labute approximate surface area is 162 Å². The van der Waals surface area contributed by atoms with Crippen molar-refractivity contribution in [1.82, 2.24) is 0 Å². The van der Waals surface area contributed by atoms with Gasteiger partial charge < -0.3 is 14.7 Å². The first-order valence-corrected chi connectivity index (χ1v) is 8.75. The van der Waals surface area contributed by atoms with Crippen LogP contribution in [0.25, 0.3) is 0 Å². The summed E-state index contributed by atoms with van der Waals surface area (Å²) in [5.41, 5.74) is -1.36. The average molecular weight is 418 g/mol. The third-order valence-electron chi connectivity index (χ3n) is 4.67. The van der Waals surface area contributed by atoms with E-state index in [1.165, 1.54) is 23.1 Å². The Balaban J connectivity index is 1.80. The molecule has 4 nitrogen and oxygen atoms in total. The molecule has 1 aliphatic heterocycles. The van der Waals surface area contributed by atoms with Gasteiger partial charge in [-0.1, -0.05) is 23.2 Å². The summed E-state index contributed by atoms with van der Waals surface area (Å²) in [5, 5.41) is 9.42. The number of phenolic OH excluding ortho intramolecular Hbond substituents is 1. The number of alkyl halides is 3. The Morgan fingerprint density at radius 2 is 1.78 bits per heavy atom. The molecule has 1 saturated carbocycles. The summed E-state index contributed by atoms with van der Waals surface area (Å²) >= 11 is 11.8. The number of fused-ring (bicyclic) bond motifs is 1. The van der Waals surface area contributed by atoms with Crippen LogP contribution in [0.3, 0.4) is 0 Å². The van der Waals surface area contributed by atoms with Gasteiger partial charge in [-0.3, -0.25) is 4.79 Å². The van der Waals surface area contributed by atoms with Crippen molar-refractivity contribution in [2.24, 2.45) is 0 Å². The summed E-state index contributed by atoms with van der Waals surface area (Å²) < 4.78 is 45.2. The molecule has 4 rings (SSSR count). The monoisotopic (exact) mass is 417 g/mol. The number of rotatable bonds is 1. The highest BCUT2D eigenvalue weighted by molar-refractivity contribution is 6.37. The van der Waals surface area contributed by atoms with E-state index in [1.54, 1.807) is 0 Å². The van der Waals surface area contributed by atoms with E-state index in [1.807, 2.05) is 0 Å². The molecule has 27 heavy (non-hydrogen) atoms. The highest BCUT2D eigenvalue weighted by Gasteiger charge is 2.51. The molecule has 0 unspecified atom stereocenters. The minimum Gasteiger partial charge on any atom is -0.505 e. The van der Waals surface area contributed by atoms with Gasteiger partial charge in [-0.05, 0) is 43.2 Å². The average Bonchev–Trinajstić information content (AvgIpc) is 3.35. The van der Waals surface area contributed by atoms with Crippen molar-refractivity contribution in [1.29, 1.82) is 0 Å². The van der Waals surface area contributed by atoms with Gasteiger partial charge in [0.05, 0.1) is 27.8 Å². The van der Waals surface area contributed by atoms with Crippen LogP contribution >= 0.6 is 23.2 Å². The Bertz CT molecular complexity index is 934. The molecule has 0 bridgehead atoms. The van der Waals surface area contributed by atoms with Gasteiger partial charge in [-0.25, -0.2) is 0 Å². The minimum absolute atomic E-state index is 0.0349. The van der Waals surface area contributed by atoms with Crippen LogP contribution in [0.5, 0.6) is 11.5 Å². The van der Waals surface area contributed by atoms with Gasteiger partial charge in [0, 0.05) is 5.56 Å². The summed E-state index contributed by atoms with van der Waals surface area (Å²) in [6.45, 7) is 0.121. The fraction of sp³-hybridized carbons (Fsp3) is 0.278. The fourth-order valence-corrected chi connectivity index (χ4v) is 3.54. The van der Waals surface area contributed by atoms with Crippen LogP contribution in [0, 0.1) is 0 Å². The van der Waals surface area contributed by atoms with Crippen LogP contribution in [0.1, 0.15) is 28.8 Å². The summed E-state index contributed by atoms with van der Waals surface area (Å²) in [7, 11) is 0. The molecule has 9 heteroatoms. The van der Waals surface area contributed by atoms with Gasteiger partial charge in [0.15, 0.2) is 5.75 Å². The first-order chi connectivity index (χ1) is 12.6. The van der Waals surface area contributed by atoms with E-state index in [-0.39, 0.29) is 39.3 Å². The van der Waals surface area contributed by atoms with Gasteiger partial charge in [0.2, 0.25) is 0 Å². The van der Waals surface area contributed by atoms with E-state index in [2.05, 4.69) is 0 Å². The number of aromatic hydroxyl groups is 1.